The van der Waals surface area contributed by atoms with Gasteiger partial charge in [-0.1, -0.05) is 33.7 Å². The average molecular weight is 407 g/mol. The lowest BCUT2D eigenvalue weighted by molar-refractivity contribution is 0.0388. The van der Waals surface area contributed by atoms with Crippen molar-refractivity contribution in [3.05, 3.63) is 29.8 Å². The standard InChI is InChI=1S/C16H22N2O2S3.ClH/c21-16(17-4-5-18-6-8-19-9-7-18)20-15-3-1-2-13(10-15)14-11-22-23-12-14;/h1-3,10,14H,4-9,11-12H2,(H,17,21);1H. The van der Waals surface area contributed by atoms with Crippen LogP contribution in [0.25, 0.3) is 0 Å². The van der Waals surface area contributed by atoms with Crippen LogP contribution in [0.2, 0.25) is 0 Å². The molecule has 0 amide bonds. The van der Waals surface area contributed by atoms with Gasteiger partial charge in [-0.25, -0.2) is 0 Å². The lowest BCUT2D eigenvalue weighted by Crippen LogP contribution is -2.41. The molecule has 0 spiro atoms. The summed E-state index contributed by atoms with van der Waals surface area (Å²) in [4.78, 5) is 2.37. The van der Waals surface area contributed by atoms with Crippen LogP contribution < -0.4 is 10.1 Å². The fourth-order valence-corrected chi connectivity index (χ4v) is 5.67. The van der Waals surface area contributed by atoms with Crippen LogP contribution in [0.1, 0.15) is 11.5 Å². The predicted octanol–water partition coefficient (Wildman–Crippen LogP) is 3.17. The highest BCUT2D eigenvalue weighted by atomic mass is 35.5. The van der Waals surface area contributed by atoms with Crippen LogP contribution >= 0.6 is 46.2 Å². The van der Waals surface area contributed by atoms with Gasteiger partial charge in [0.2, 0.25) is 0 Å². The van der Waals surface area contributed by atoms with Crippen molar-refractivity contribution in [1.29, 1.82) is 0 Å². The van der Waals surface area contributed by atoms with E-state index < -0.39 is 0 Å². The molecule has 1 N–H and O–H groups in total. The largest absolute Gasteiger partial charge is 0.432 e. The maximum Gasteiger partial charge on any atom is 0.262 e. The van der Waals surface area contributed by atoms with Gasteiger partial charge in [-0.3, -0.25) is 4.90 Å². The minimum Gasteiger partial charge on any atom is -0.432 e. The van der Waals surface area contributed by atoms with E-state index in [1.165, 1.54) is 17.1 Å². The molecule has 0 aliphatic carbocycles. The summed E-state index contributed by atoms with van der Waals surface area (Å²) >= 11 is 5.30. The Labute approximate surface area is 163 Å². The van der Waals surface area contributed by atoms with Gasteiger partial charge >= 0.3 is 0 Å². The Hall–Kier alpha value is -0.180. The summed E-state index contributed by atoms with van der Waals surface area (Å²) in [6.07, 6.45) is 0. The Morgan fingerprint density at radius 2 is 2.04 bits per heavy atom. The van der Waals surface area contributed by atoms with Crippen molar-refractivity contribution in [3.63, 3.8) is 0 Å². The Bertz CT molecular complexity index is 524. The van der Waals surface area contributed by atoms with Gasteiger partial charge in [0.25, 0.3) is 5.17 Å². The summed E-state index contributed by atoms with van der Waals surface area (Å²) in [6, 6.07) is 8.31. The number of hydrogen-bond acceptors (Lipinski definition) is 6. The molecule has 1 aromatic rings. The van der Waals surface area contributed by atoms with Gasteiger partial charge in [-0.05, 0) is 29.9 Å². The van der Waals surface area contributed by atoms with Crippen molar-refractivity contribution >= 4 is 51.4 Å². The average Bonchev–Trinajstić information content (AvgIpc) is 3.11. The molecular weight excluding hydrogens is 384 g/mol. The van der Waals surface area contributed by atoms with Crippen LogP contribution in [0.15, 0.2) is 24.3 Å². The number of nitrogens with one attached hydrogen (secondary N) is 1. The molecule has 8 heteroatoms. The number of morpholine rings is 1. The van der Waals surface area contributed by atoms with Crippen LogP contribution in [0.4, 0.5) is 0 Å². The fraction of sp³-hybridized carbons (Fsp3) is 0.562. The molecule has 0 saturated carbocycles. The minimum absolute atomic E-state index is 0. The maximum absolute atomic E-state index is 5.77. The molecule has 2 saturated heterocycles. The SMILES string of the molecule is Cl.S=C(NCCN1CCOCC1)Oc1cccc(C2CSSC2)c1. The molecule has 0 unspecified atom stereocenters. The minimum atomic E-state index is 0. The van der Waals surface area contributed by atoms with E-state index >= 15 is 0 Å². The van der Waals surface area contributed by atoms with Crippen molar-refractivity contribution in [2.45, 2.75) is 5.92 Å². The van der Waals surface area contributed by atoms with Crippen LogP contribution in [0, 0.1) is 0 Å². The number of nitrogens with zero attached hydrogens (tertiary/aromatic N) is 1. The molecule has 2 aliphatic heterocycles. The summed E-state index contributed by atoms with van der Waals surface area (Å²) < 4.78 is 11.1. The summed E-state index contributed by atoms with van der Waals surface area (Å²) in [7, 11) is 3.89. The van der Waals surface area contributed by atoms with E-state index in [1.807, 2.05) is 27.7 Å². The van der Waals surface area contributed by atoms with Crippen LogP contribution in [0.3, 0.4) is 0 Å². The van der Waals surface area contributed by atoms with E-state index in [4.69, 9.17) is 21.7 Å². The second kappa shape index (κ2) is 10.7. The van der Waals surface area contributed by atoms with Crippen LogP contribution in [0.5, 0.6) is 5.75 Å². The highest BCUT2D eigenvalue weighted by Gasteiger charge is 2.18. The number of hydrogen-bond donors (Lipinski definition) is 1. The zero-order valence-electron chi connectivity index (χ0n) is 13.4. The normalized spacial score (nSPS) is 18.8. The first kappa shape index (κ1) is 20.1. The summed E-state index contributed by atoms with van der Waals surface area (Å²) in [6.45, 7) is 5.40. The molecule has 0 atom stereocenters. The lowest BCUT2D eigenvalue weighted by Gasteiger charge is -2.26. The Kier molecular flexibility index (Phi) is 9.00. The van der Waals surface area contributed by atoms with Crippen LogP contribution in [-0.4, -0.2) is 61.0 Å². The zero-order valence-corrected chi connectivity index (χ0v) is 16.7. The molecule has 1 aromatic carbocycles. The molecule has 0 bridgehead atoms. The number of thiocarbonyl (C=S) groups is 1. The number of halogens is 1. The van der Waals surface area contributed by atoms with E-state index in [0.29, 0.717) is 11.1 Å². The Balaban J connectivity index is 0.00000208. The first-order chi connectivity index (χ1) is 11.3. The molecule has 4 nitrogen and oxygen atoms in total. The maximum atomic E-state index is 5.77. The quantitative estimate of drug-likeness (QED) is 0.594. The summed E-state index contributed by atoms with van der Waals surface area (Å²) in [5, 5.41) is 3.64. The van der Waals surface area contributed by atoms with Gasteiger partial charge in [0.1, 0.15) is 5.75 Å². The van der Waals surface area contributed by atoms with Gasteiger partial charge in [0, 0.05) is 43.6 Å². The number of rotatable bonds is 5. The van der Waals surface area contributed by atoms with Crippen molar-refractivity contribution in [1.82, 2.24) is 10.2 Å². The Morgan fingerprint density at radius 1 is 1.29 bits per heavy atom. The highest BCUT2D eigenvalue weighted by molar-refractivity contribution is 8.77. The second-order valence-corrected chi connectivity index (χ2v) is 8.53. The van der Waals surface area contributed by atoms with Crippen molar-refractivity contribution in [2.75, 3.05) is 50.9 Å². The summed E-state index contributed by atoms with van der Waals surface area (Å²) in [5.41, 5.74) is 1.34. The van der Waals surface area contributed by atoms with Gasteiger partial charge < -0.3 is 14.8 Å². The van der Waals surface area contributed by atoms with Gasteiger partial charge in [0.05, 0.1) is 13.2 Å². The van der Waals surface area contributed by atoms with Crippen molar-refractivity contribution in [3.8, 4) is 5.75 Å². The van der Waals surface area contributed by atoms with E-state index in [9.17, 15) is 0 Å². The number of benzene rings is 1. The third-order valence-electron chi connectivity index (χ3n) is 3.96. The topological polar surface area (TPSA) is 33.7 Å². The monoisotopic (exact) mass is 406 g/mol. The molecule has 2 heterocycles. The molecule has 3 rings (SSSR count). The van der Waals surface area contributed by atoms with Gasteiger partial charge in [0.15, 0.2) is 0 Å². The van der Waals surface area contributed by atoms with E-state index in [0.717, 1.165) is 45.1 Å². The summed E-state index contributed by atoms with van der Waals surface area (Å²) in [5.74, 6) is 3.80. The predicted molar refractivity (Wildman–Crippen MR) is 110 cm³/mol. The second-order valence-electron chi connectivity index (χ2n) is 5.61. The first-order valence-electron chi connectivity index (χ1n) is 7.91. The smallest absolute Gasteiger partial charge is 0.262 e. The molecular formula is C16H23ClN2O2S3. The van der Waals surface area contributed by atoms with Gasteiger partial charge in [-0.2, -0.15) is 0 Å². The first-order valence-corrected chi connectivity index (χ1v) is 10.8. The third-order valence-corrected chi connectivity index (χ3v) is 6.75. The molecule has 2 fully saturated rings. The van der Waals surface area contributed by atoms with Gasteiger partial charge in [-0.15, -0.1) is 12.4 Å². The molecule has 24 heavy (non-hydrogen) atoms. The lowest BCUT2D eigenvalue weighted by atomic mass is 10.0. The molecule has 134 valence electrons. The van der Waals surface area contributed by atoms with E-state index in [1.54, 1.807) is 0 Å². The van der Waals surface area contributed by atoms with Crippen LogP contribution in [-0.2, 0) is 4.74 Å². The highest BCUT2D eigenvalue weighted by Crippen LogP contribution is 2.40. The van der Waals surface area contributed by atoms with Crippen molar-refractivity contribution < 1.29 is 9.47 Å². The zero-order chi connectivity index (χ0) is 15.9. The fourth-order valence-electron chi connectivity index (χ4n) is 2.62. The number of ether oxygens (including phenoxy) is 2. The van der Waals surface area contributed by atoms with E-state index in [2.05, 4.69) is 28.4 Å². The molecule has 2 aliphatic rings. The molecule has 0 aromatic heterocycles. The third kappa shape index (κ3) is 6.28. The van der Waals surface area contributed by atoms with E-state index in [-0.39, 0.29) is 12.4 Å². The van der Waals surface area contributed by atoms with Crippen molar-refractivity contribution in [2.24, 2.45) is 0 Å². The Morgan fingerprint density at radius 3 is 2.79 bits per heavy atom. The molecule has 0 radical (unpaired) electrons.